The van der Waals surface area contributed by atoms with E-state index in [2.05, 4.69) is 17.2 Å². The number of sulfonamides is 1. The van der Waals surface area contributed by atoms with Gasteiger partial charge >= 0.3 is 0 Å². The van der Waals surface area contributed by atoms with Gasteiger partial charge in [0.05, 0.1) is 4.90 Å². The van der Waals surface area contributed by atoms with Crippen molar-refractivity contribution in [3.8, 4) is 0 Å². The van der Waals surface area contributed by atoms with Gasteiger partial charge in [0, 0.05) is 12.7 Å². The third-order valence-electron chi connectivity index (χ3n) is 3.59. The van der Waals surface area contributed by atoms with Gasteiger partial charge in [0.1, 0.15) is 5.69 Å². The van der Waals surface area contributed by atoms with E-state index < -0.39 is 10.0 Å². The number of hydrogen-bond acceptors (Lipinski definition) is 3. The van der Waals surface area contributed by atoms with Crippen LogP contribution in [0.25, 0.3) is 0 Å². The summed E-state index contributed by atoms with van der Waals surface area (Å²) in [5.74, 6) is -0.294. The molecule has 1 aromatic rings. The minimum Gasteiger partial charge on any atom is -0.356 e. The highest BCUT2D eigenvalue weighted by Gasteiger charge is 2.41. The average molecular weight is 285 g/mol. The quantitative estimate of drug-likeness (QED) is 0.725. The van der Waals surface area contributed by atoms with Gasteiger partial charge in [-0.25, -0.2) is 13.6 Å². The molecule has 6 nitrogen and oxygen atoms in total. The number of aromatic nitrogens is 1. The van der Waals surface area contributed by atoms with Crippen molar-refractivity contribution in [3.63, 3.8) is 0 Å². The van der Waals surface area contributed by atoms with Gasteiger partial charge in [0.15, 0.2) is 0 Å². The predicted octanol–water partition coefficient (Wildman–Crippen LogP) is 0.972. The molecule has 7 heteroatoms. The lowest BCUT2D eigenvalue weighted by molar-refractivity contribution is 0.0939. The normalized spacial score (nSPS) is 17.2. The van der Waals surface area contributed by atoms with Crippen LogP contribution in [0.4, 0.5) is 0 Å². The monoisotopic (exact) mass is 285 g/mol. The molecule has 1 aliphatic rings. The van der Waals surface area contributed by atoms with Gasteiger partial charge in [-0.05, 0) is 30.7 Å². The molecule has 4 N–H and O–H groups in total. The second kappa shape index (κ2) is 4.97. The number of rotatable bonds is 6. The molecule has 1 aromatic heterocycles. The van der Waals surface area contributed by atoms with Crippen molar-refractivity contribution < 1.29 is 13.2 Å². The van der Waals surface area contributed by atoms with Crippen molar-refractivity contribution >= 4 is 15.9 Å². The highest BCUT2D eigenvalue weighted by atomic mass is 32.2. The van der Waals surface area contributed by atoms with Crippen LogP contribution in [0.15, 0.2) is 17.2 Å². The zero-order valence-electron chi connectivity index (χ0n) is 10.9. The van der Waals surface area contributed by atoms with Crippen LogP contribution < -0.4 is 10.5 Å². The lowest BCUT2D eigenvalue weighted by Gasteiger charge is -2.14. The highest BCUT2D eigenvalue weighted by Crippen LogP contribution is 2.48. The van der Waals surface area contributed by atoms with Crippen molar-refractivity contribution in [3.05, 3.63) is 18.0 Å². The van der Waals surface area contributed by atoms with Gasteiger partial charge in [0.2, 0.25) is 10.0 Å². The first-order valence-corrected chi connectivity index (χ1v) is 7.90. The molecule has 0 saturated heterocycles. The fraction of sp³-hybridized carbons (Fsp3) is 0.583. The third-order valence-corrected chi connectivity index (χ3v) is 4.48. The summed E-state index contributed by atoms with van der Waals surface area (Å²) in [6.07, 6.45) is 5.74. The topological polar surface area (TPSA) is 105 Å². The second-order valence-electron chi connectivity index (χ2n) is 5.23. The number of aromatic amines is 1. The molecule has 0 atom stereocenters. The summed E-state index contributed by atoms with van der Waals surface area (Å²) in [4.78, 5) is 14.4. The van der Waals surface area contributed by atoms with E-state index in [0.29, 0.717) is 6.54 Å². The Kier molecular flexibility index (Phi) is 3.69. The van der Waals surface area contributed by atoms with Crippen LogP contribution in [0.3, 0.4) is 0 Å². The molecule has 1 fully saturated rings. The molecule has 0 radical (unpaired) electrons. The van der Waals surface area contributed by atoms with Crippen LogP contribution in [-0.4, -0.2) is 25.9 Å². The molecule has 1 saturated carbocycles. The number of H-pyrrole nitrogens is 1. The Morgan fingerprint density at radius 2 is 2.21 bits per heavy atom. The number of nitrogens with one attached hydrogen (secondary N) is 2. The van der Waals surface area contributed by atoms with Crippen LogP contribution in [-0.2, 0) is 10.0 Å². The summed E-state index contributed by atoms with van der Waals surface area (Å²) in [7, 11) is -3.77. The van der Waals surface area contributed by atoms with E-state index in [1.54, 1.807) is 0 Å². The molecule has 106 valence electrons. The number of nitrogens with two attached hydrogens (primary N) is 1. The Hall–Kier alpha value is -1.34. The summed E-state index contributed by atoms with van der Waals surface area (Å²) in [6.45, 7) is 2.77. The van der Waals surface area contributed by atoms with E-state index in [1.165, 1.54) is 12.3 Å². The average Bonchev–Trinajstić information content (AvgIpc) is 2.91. The highest BCUT2D eigenvalue weighted by molar-refractivity contribution is 7.89. The van der Waals surface area contributed by atoms with E-state index in [1.807, 2.05) is 0 Å². The van der Waals surface area contributed by atoms with Gasteiger partial charge in [0.25, 0.3) is 5.91 Å². The molecule has 19 heavy (non-hydrogen) atoms. The minimum absolute atomic E-state index is 0.0765. The van der Waals surface area contributed by atoms with E-state index >= 15 is 0 Å². The lowest BCUT2D eigenvalue weighted by atomic mass is 10.0. The summed E-state index contributed by atoms with van der Waals surface area (Å²) in [6, 6.07) is 1.25. The fourth-order valence-electron chi connectivity index (χ4n) is 2.26. The number of carbonyl (C=O) groups excluding carboxylic acids is 1. The van der Waals surface area contributed by atoms with Crippen LogP contribution in [0.1, 0.15) is 43.1 Å². The molecule has 1 heterocycles. The summed E-state index contributed by atoms with van der Waals surface area (Å²) in [5, 5.41) is 7.83. The van der Waals surface area contributed by atoms with Crippen LogP contribution in [0.2, 0.25) is 0 Å². The maximum Gasteiger partial charge on any atom is 0.267 e. The maximum atomic E-state index is 11.9. The van der Waals surface area contributed by atoms with Gasteiger partial charge in [-0.15, -0.1) is 0 Å². The summed E-state index contributed by atoms with van der Waals surface area (Å²) < 4.78 is 22.2. The molecule has 0 bridgehead atoms. The van der Waals surface area contributed by atoms with Crippen molar-refractivity contribution in [2.45, 2.75) is 37.5 Å². The minimum atomic E-state index is -3.77. The number of primary sulfonamides is 1. The van der Waals surface area contributed by atoms with Crippen LogP contribution >= 0.6 is 0 Å². The van der Waals surface area contributed by atoms with Crippen molar-refractivity contribution in [2.24, 2.45) is 10.6 Å². The van der Waals surface area contributed by atoms with Crippen molar-refractivity contribution in [2.75, 3.05) is 6.54 Å². The molecule has 0 unspecified atom stereocenters. The first-order valence-electron chi connectivity index (χ1n) is 6.36. The Morgan fingerprint density at radius 1 is 1.53 bits per heavy atom. The SMILES string of the molecule is CCCC1(CNC(=O)c2cc(S(N)(=O)=O)c[nH]2)CC1. The predicted molar refractivity (Wildman–Crippen MR) is 71.1 cm³/mol. The van der Waals surface area contributed by atoms with Crippen molar-refractivity contribution in [1.82, 2.24) is 10.3 Å². The lowest BCUT2D eigenvalue weighted by Crippen LogP contribution is -2.30. The Bertz CT molecular complexity index is 573. The zero-order chi connectivity index (χ0) is 14.1. The van der Waals surface area contributed by atoms with Gasteiger partial charge in [-0.1, -0.05) is 13.3 Å². The maximum absolute atomic E-state index is 11.9. The Balaban J connectivity index is 1.95. The standard InChI is InChI=1S/C12H19N3O3S/c1-2-3-12(4-5-12)8-15-11(16)10-6-9(7-14-10)19(13,17)18/h6-7,14H,2-5,8H2,1H3,(H,15,16)(H2,13,17,18). The van der Waals surface area contributed by atoms with Crippen LogP contribution in [0, 0.1) is 5.41 Å². The third kappa shape index (κ3) is 3.36. The number of hydrogen-bond donors (Lipinski definition) is 3. The first kappa shape index (κ1) is 14.1. The molecule has 0 aliphatic heterocycles. The smallest absolute Gasteiger partial charge is 0.267 e. The van der Waals surface area contributed by atoms with E-state index in [4.69, 9.17) is 5.14 Å². The van der Waals surface area contributed by atoms with E-state index in [-0.39, 0.29) is 21.9 Å². The Morgan fingerprint density at radius 3 is 2.68 bits per heavy atom. The van der Waals surface area contributed by atoms with Crippen molar-refractivity contribution in [1.29, 1.82) is 0 Å². The molecule has 0 spiro atoms. The fourth-order valence-corrected chi connectivity index (χ4v) is 2.76. The van der Waals surface area contributed by atoms with E-state index in [9.17, 15) is 13.2 Å². The molecule has 2 rings (SSSR count). The van der Waals surface area contributed by atoms with Gasteiger partial charge in [-0.3, -0.25) is 4.79 Å². The Labute approximate surface area is 112 Å². The second-order valence-corrected chi connectivity index (χ2v) is 6.79. The molecule has 0 aromatic carbocycles. The van der Waals surface area contributed by atoms with Gasteiger partial charge < -0.3 is 10.3 Å². The van der Waals surface area contributed by atoms with E-state index in [0.717, 1.165) is 25.7 Å². The number of carbonyl (C=O) groups is 1. The molecular weight excluding hydrogens is 266 g/mol. The molecule has 1 aliphatic carbocycles. The molecule has 1 amide bonds. The number of amides is 1. The van der Waals surface area contributed by atoms with Crippen LogP contribution in [0.5, 0.6) is 0 Å². The summed E-state index contributed by atoms with van der Waals surface area (Å²) >= 11 is 0. The largest absolute Gasteiger partial charge is 0.356 e. The summed E-state index contributed by atoms with van der Waals surface area (Å²) in [5.41, 5.74) is 0.482. The van der Waals surface area contributed by atoms with Gasteiger partial charge in [-0.2, -0.15) is 0 Å². The first-order chi connectivity index (χ1) is 8.86. The molecular formula is C12H19N3O3S. The zero-order valence-corrected chi connectivity index (χ0v) is 11.7.